The molecule has 3 aromatic carbocycles. The Labute approximate surface area is 198 Å². The second kappa shape index (κ2) is 10.4. The summed E-state index contributed by atoms with van der Waals surface area (Å²) in [6.45, 7) is 6.03. The predicted molar refractivity (Wildman–Crippen MR) is 134 cm³/mol. The zero-order chi connectivity index (χ0) is 23.2. The second-order valence-electron chi connectivity index (χ2n) is 7.92. The predicted octanol–water partition coefficient (Wildman–Crippen LogP) is 6.32. The lowest BCUT2D eigenvalue weighted by Crippen LogP contribution is -2.38. The molecule has 0 saturated heterocycles. The molecule has 1 aromatic heterocycles. The van der Waals surface area contributed by atoms with Crippen LogP contribution in [0.4, 0.5) is 17.1 Å². The van der Waals surface area contributed by atoms with Gasteiger partial charge < -0.3 is 14.6 Å². The Morgan fingerprint density at radius 2 is 1.61 bits per heavy atom. The number of nitrogens with one attached hydrogen (secondary N) is 1. The summed E-state index contributed by atoms with van der Waals surface area (Å²) in [4.78, 5) is 14.8. The molecule has 0 aliphatic rings. The van der Waals surface area contributed by atoms with E-state index in [9.17, 15) is 4.79 Å². The van der Waals surface area contributed by atoms with Crippen LogP contribution in [-0.2, 0) is 4.79 Å². The number of rotatable bonds is 8. The van der Waals surface area contributed by atoms with Crippen molar-refractivity contribution >= 4 is 34.7 Å². The molecule has 0 atom stereocenters. The van der Waals surface area contributed by atoms with Crippen LogP contribution in [0.1, 0.15) is 19.4 Å². The van der Waals surface area contributed by atoms with Gasteiger partial charge in [0.25, 0.3) is 5.22 Å². The van der Waals surface area contributed by atoms with Gasteiger partial charge in [-0.15, -0.1) is 10.2 Å². The van der Waals surface area contributed by atoms with Gasteiger partial charge in [0.15, 0.2) is 0 Å². The molecule has 0 aliphatic carbocycles. The number of aryl methyl sites for hydroxylation is 1. The molecule has 0 unspecified atom stereocenters. The topological polar surface area (TPSA) is 71.3 Å². The number of anilines is 3. The van der Waals surface area contributed by atoms with E-state index in [0.717, 1.165) is 28.2 Å². The molecule has 4 rings (SSSR count). The maximum atomic E-state index is 13.0. The largest absolute Gasteiger partial charge is 0.411 e. The van der Waals surface area contributed by atoms with Crippen LogP contribution in [0.25, 0.3) is 11.5 Å². The number of benzene rings is 3. The Morgan fingerprint density at radius 1 is 0.939 bits per heavy atom. The van der Waals surface area contributed by atoms with E-state index < -0.39 is 0 Å². The van der Waals surface area contributed by atoms with E-state index in [4.69, 9.17) is 4.42 Å². The van der Waals surface area contributed by atoms with Gasteiger partial charge in [-0.3, -0.25) is 4.79 Å². The number of hydrogen-bond acceptors (Lipinski definition) is 6. The average molecular weight is 459 g/mol. The van der Waals surface area contributed by atoms with Crippen molar-refractivity contribution < 1.29 is 9.21 Å². The van der Waals surface area contributed by atoms with E-state index in [-0.39, 0.29) is 17.7 Å². The molecule has 0 aliphatic heterocycles. The molecule has 0 radical (unpaired) electrons. The molecule has 4 aromatic rings. The SMILES string of the molecule is Cc1ccc(-c2nnc(SCC(=O)N(c3ccc(Nc4ccccc4)cc3)C(C)C)o2)cc1. The summed E-state index contributed by atoms with van der Waals surface area (Å²) in [6, 6.07) is 25.7. The van der Waals surface area contributed by atoms with E-state index in [0.29, 0.717) is 11.1 Å². The Kier molecular flexibility index (Phi) is 7.10. The van der Waals surface area contributed by atoms with Crippen molar-refractivity contribution in [3.63, 3.8) is 0 Å². The van der Waals surface area contributed by atoms with Crippen LogP contribution < -0.4 is 10.2 Å². The minimum absolute atomic E-state index is 0.0110. The number of hydrogen-bond donors (Lipinski definition) is 1. The van der Waals surface area contributed by atoms with E-state index in [1.165, 1.54) is 11.8 Å². The van der Waals surface area contributed by atoms with Crippen molar-refractivity contribution in [3.05, 3.63) is 84.4 Å². The zero-order valence-corrected chi connectivity index (χ0v) is 19.7. The molecule has 6 nitrogen and oxygen atoms in total. The Bertz CT molecular complexity index is 1190. The lowest BCUT2D eigenvalue weighted by Gasteiger charge is -2.27. The van der Waals surface area contributed by atoms with E-state index in [1.807, 2.05) is 99.6 Å². The average Bonchev–Trinajstić information content (AvgIpc) is 3.29. The molecule has 1 N–H and O–H groups in total. The number of aromatic nitrogens is 2. The summed E-state index contributed by atoms with van der Waals surface area (Å²) < 4.78 is 5.74. The Morgan fingerprint density at radius 3 is 2.27 bits per heavy atom. The molecule has 0 bridgehead atoms. The van der Waals surface area contributed by atoms with Gasteiger partial charge >= 0.3 is 0 Å². The third-order valence-electron chi connectivity index (χ3n) is 5.02. The number of carbonyl (C=O) groups excluding carboxylic acids is 1. The fourth-order valence-electron chi connectivity index (χ4n) is 3.40. The van der Waals surface area contributed by atoms with Crippen molar-refractivity contribution in [1.29, 1.82) is 0 Å². The van der Waals surface area contributed by atoms with Gasteiger partial charge in [-0.25, -0.2) is 0 Å². The third kappa shape index (κ3) is 5.81. The van der Waals surface area contributed by atoms with Crippen LogP contribution in [0, 0.1) is 6.92 Å². The fraction of sp³-hybridized carbons (Fsp3) is 0.192. The highest BCUT2D eigenvalue weighted by molar-refractivity contribution is 7.99. The molecule has 0 fully saturated rings. The zero-order valence-electron chi connectivity index (χ0n) is 18.9. The monoisotopic (exact) mass is 458 g/mol. The van der Waals surface area contributed by atoms with Crippen molar-refractivity contribution in [2.24, 2.45) is 0 Å². The van der Waals surface area contributed by atoms with Gasteiger partial charge in [0.1, 0.15) is 0 Å². The first-order chi connectivity index (χ1) is 16.0. The second-order valence-corrected chi connectivity index (χ2v) is 8.85. The molecule has 0 spiro atoms. The molecule has 168 valence electrons. The smallest absolute Gasteiger partial charge is 0.277 e. The minimum Gasteiger partial charge on any atom is -0.411 e. The maximum absolute atomic E-state index is 13.0. The Hall–Kier alpha value is -3.58. The van der Waals surface area contributed by atoms with Gasteiger partial charge in [-0.05, 0) is 69.3 Å². The van der Waals surface area contributed by atoms with Crippen molar-refractivity contribution in [1.82, 2.24) is 10.2 Å². The van der Waals surface area contributed by atoms with Crippen molar-refractivity contribution in [3.8, 4) is 11.5 Å². The van der Waals surface area contributed by atoms with Gasteiger partial charge in [0, 0.05) is 28.7 Å². The lowest BCUT2D eigenvalue weighted by atomic mass is 10.1. The molecular weight excluding hydrogens is 432 g/mol. The van der Waals surface area contributed by atoms with Crippen LogP contribution in [0.2, 0.25) is 0 Å². The standard InChI is InChI=1S/C26H26N4O2S/c1-18(2)30(23-15-13-22(14-16-23)27-21-7-5-4-6-8-21)24(31)17-33-26-29-28-25(32-26)20-11-9-19(3)10-12-20/h4-16,18,27H,17H2,1-3H3. The van der Waals surface area contributed by atoms with Gasteiger partial charge in [0.2, 0.25) is 11.8 Å². The molecule has 7 heteroatoms. The lowest BCUT2D eigenvalue weighted by molar-refractivity contribution is -0.116. The van der Waals surface area contributed by atoms with Crippen molar-refractivity contribution in [2.75, 3.05) is 16.0 Å². The number of para-hydroxylation sites is 1. The molecule has 1 heterocycles. The summed E-state index contributed by atoms with van der Waals surface area (Å²) in [5.74, 6) is 0.638. The Balaban J connectivity index is 1.40. The molecular formula is C26H26N4O2S. The van der Waals surface area contributed by atoms with Gasteiger partial charge in [-0.2, -0.15) is 0 Å². The van der Waals surface area contributed by atoms with Crippen molar-refractivity contribution in [2.45, 2.75) is 32.0 Å². The highest BCUT2D eigenvalue weighted by Gasteiger charge is 2.20. The van der Waals surface area contributed by atoms with Crippen LogP contribution >= 0.6 is 11.8 Å². The van der Waals surface area contributed by atoms with Gasteiger partial charge in [0.05, 0.1) is 5.75 Å². The molecule has 0 saturated carbocycles. The van der Waals surface area contributed by atoms with Crippen LogP contribution in [-0.4, -0.2) is 27.9 Å². The van der Waals surface area contributed by atoms with E-state index in [1.54, 1.807) is 4.90 Å². The fourth-order valence-corrected chi connectivity index (χ4v) is 4.02. The first-order valence-electron chi connectivity index (χ1n) is 10.8. The van der Waals surface area contributed by atoms with Crippen LogP contribution in [0.5, 0.6) is 0 Å². The summed E-state index contributed by atoms with van der Waals surface area (Å²) in [5, 5.41) is 11.9. The summed E-state index contributed by atoms with van der Waals surface area (Å²) in [5.41, 5.74) is 4.85. The maximum Gasteiger partial charge on any atom is 0.277 e. The first-order valence-corrected chi connectivity index (χ1v) is 11.8. The molecule has 1 amide bonds. The number of thioether (sulfide) groups is 1. The summed E-state index contributed by atoms with van der Waals surface area (Å²) in [6.07, 6.45) is 0. The van der Waals surface area contributed by atoms with E-state index in [2.05, 4.69) is 15.5 Å². The van der Waals surface area contributed by atoms with Crippen LogP contribution in [0.15, 0.2) is 88.5 Å². The third-order valence-corrected chi connectivity index (χ3v) is 5.82. The minimum atomic E-state index is -0.0196. The highest BCUT2D eigenvalue weighted by Crippen LogP contribution is 2.26. The normalized spacial score (nSPS) is 10.9. The number of carbonyl (C=O) groups is 1. The number of amides is 1. The summed E-state index contributed by atoms with van der Waals surface area (Å²) in [7, 11) is 0. The summed E-state index contributed by atoms with van der Waals surface area (Å²) >= 11 is 1.25. The van der Waals surface area contributed by atoms with Gasteiger partial charge in [-0.1, -0.05) is 47.7 Å². The molecule has 33 heavy (non-hydrogen) atoms. The van der Waals surface area contributed by atoms with E-state index >= 15 is 0 Å². The number of nitrogens with zero attached hydrogens (tertiary/aromatic N) is 3. The van der Waals surface area contributed by atoms with Crippen LogP contribution in [0.3, 0.4) is 0 Å². The highest BCUT2D eigenvalue weighted by atomic mass is 32.2. The quantitative estimate of drug-likeness (QED) is 0.311. The first kappa shape index (κ1) is 22.6.